The zero-order valence-corrected chi connectivity index (χ0v) is 10.3. The summed E-state index contributed by atoms with van der Waals surface area (Å²) in [6.07, 6.45) is -0.766. The fraction of sp³-hybridized carbons (Fsp3) is 0.818. The number of aliphatic carboxylic acids is 1. The Morgan fingerprint density at radius 1 is 1.35 bits per heavy atom. The fourth-order valence-electron chi connectivity index (χ4n) is 1.80. The van der Waals surface area contributed by atoms with Gasteiger partial charge in [0.2, 0.25) is 0 Å². The molecule has 0 spiro atoms. The molecule has 6 heteroatoms. The van der Waals surface area contributed by atoms with E-state index in [9.17, 15) is 14.7 Å². The first-order chi connectivity index (χ1) is 7.72. The molecule has 1 saturated heterocycles. The Morgan fingerprint density at radius 3 is 2.41 bits per heavy atom. The van der Waals surface area contributed by atoms with Crippen LogP contribution in [0.25, 0.3) is 0 Å². The summed E-state index contributed by atoms with van der Waals surface area (Å²) in [7, 11) is 0. The SMILES string of the molecule is CC(C)(C)OC(=O)N1CCC[C@@H](O)[C@@H]1C(=O)O. The number of aliphatic hydroxyl groups is 1. The van der Waals surface area contributed by atoms with E-state index in [0.29, 0.717) is 19.4 Å². The quantitative estimate of drug-likeness (QED) is 0.714. The van der Waals surface area contributed by atoms with E-state index in [4.69, 9.17) is 9.84 Å². The Labute approximate surface area is 100 Å². The largest absolute Gasteiger partial charge is 0.480 e. The summed E-state index contributed by atoms with van der Waals surface area (Å²) >= 11 is 0. The van der Waals surface area contributed by atoms with Crippen LogP contribution in [0.4, 0.5) is 4.79 Å². The maximum atomic E-state index is 11.8. The number of carboxylic acids is 1. The molecule has 1 aliphatic rings. The number of ether oxygens (including phenoxy) is 1. The van der Waals surface area contributed by atoms with Gasteiger partial charge in [0, 0.05) is 6.54 Å². The van der Waals surface area contributed by atoms with Gasteiger partial charge in [0.1, 0.15) is 5.60 Å². The molecular weight excluding hydrogens is 226 g/mol. The molecule has 2 atom stereocenters. The van der Waals surface area contributed by atoms with Crippen LogP contribution in [0.3, 0.4) is 0 Å². The van der Waals surface area contributed by atoms with Crippen molar-refractivity contribution < 1.29 is 24.5 Å². The lowest BCUT2D eigenvalue weighted by molar-refractivity contribution is -0.149. The third-order valence-corrected chi connectivity index (χ3v) is 2.48. The lowest BCUT2D eigenvalue weighted by Gasteiger charge is -2.37. The van der Waals surface area contributed by atoms with Crippen molar-refractivity contribution in [2.75, 3.05) is 6.54 Å². The van der Waals surface area contributed by atoms with Crippen molar-refractivity contribution in [2.45, 2.75) is 51.4 Å². The van der Waals surface area contributed by atoms with Gasteiger partial charge in [-0.1, -0.05) is 0 Å². The van der Waals surface area contributed by atoms with E-state index in [1.807, 2.05) is 0 Å². The number of piperidine rings is 1. The van der Waals surface area contributed by atoms with E-state index < -0.39 is 29.8 Å². The zero-order chi connectivity index (χ0) is 13.2. The zero-order valence-electron chi connectivity index (χ0n) is 10.3. The van der Waals surface area contributed by atoms with Crippen molar-refractivity contribution in [3.05, 3.63) is 0 Å². The summed E-state index contributed by atoms with van der Waals surface area (Å²) in [5.41, 5.74) is -0.678. The lowest BCUT2D eigenvalue weighted by atomic mass is 9.99. The summed E-state index contributed by atoms with van der Waals surface area (Å²) in [4.78, 5) is 23.9. The first-order valence-corrected chi connectivity index (χ1v) is 5.63. The molecule has 0 radical (unpaired) electrons. The number of rotatable bonds is 1. The van der Waals surface area contributed by atoms with Crippen molar-refractivity contribution in [1.29, 1.82) is 0 Å². The molecule has 0 aliphatic carbocycles. The predicted molar refractivity (Wildman–Crippen MR) is 59.6 cm³/mol. The second-order valence-corrected chi connectivity index (χ2v) is 5.17. The average Bonchev–Trinajstić information content (AvgIpc) is 2.13. The van der Waals surface area contributed by atoms with Crippen LogP contribution in [0.5, 0.6) is 0 Å². The number of nitrogens with zero attached hydrogens (tertiary/aromatic N) is 1. The van der Waals surface area contributed by atoms with E-state index in [1.54, 1.807) is 20.8 Å². The number of carbonyl (C=O) groups excluding carboxylic acids is 1. The molecule has 2 N–H and O–H groups in total. The third kappa shape index (κ3) is 3.59. The van der Waals surface area contributed by atoms with Crippen molar-refractivity contribution in [2.24, 2.45) is 0 Å². The number of aliphatic hydroxyl groups excluding tert-OH is 1. The van der Waals surface area contributed by atoms with Crippen LogP contribution in [-0.4, -0.2) is 51.5 Å². The van der Waals surface area contributed by atoms with Crippen LogP contribution in [0.2, 0.25) is 0 Å². The van der Waals surface area contributed by atoms with Crippen LogP contribution in [0.1, 0.15) is 33.6 Å². The van der Waals surface area contributed by atoms with E-state index in [2.05, 4.69) is 0 Å². The Kier molecular flexibility index (Phi) is 3.98. The number of carbonyl (C=O) groups is 2. The van der Waals surface area contributed by atoms with Gasteiger partial charge in [0.25, 0.3) is 0 Å². The molecule has 1 aliphatic heterocycles. The smallest absolute Gasteiger partial charge is 0.411 e. The molecular formula is C11H19NO5. The molecule has 1 rings (SSSR count). The maximum Gasteiger partial charge on any atom is 0.411 e. The monoisotopic (exact) mass is 245 g/mol. The van der Waals surface area contributed by atoms with Crippen molar-refractivity contribution in [1.82, 2.24) is 4.90 Å². The molecule has 0 saturated carbocycles. The maximum absolute atomic E-state index is 11.8. The first-order valence-electron chi connectivity index (χ1n) is 5.63. The first kappa shape index (κ1) is 13.8. The summed E-state index contributed by atoms with van der Waals surface area (Å²) in [6.45, 7) is 5.42. The summed E-state index contributed by atoms with van der Waals surface area (Å²) in [5.74, 6) is -1.21. The highest BCUT2D eigenvalue weighted by Gasteiger charge is 2.40. The van der Waals surface area contributed by atoms with Gasteiger partial charge < -0.3 is 14.9 Å². The molecule has 17 heavy (non-hydrogen) atoms. The van der Waals surface area contributed by atoms with E-state index in [-0.39, 0.29) is 0 Å². The minimum Gasteiger partial charge on any atom is -0.480 e. The van der Waals surface area contributed by atoms with Gasteiger partial charge in [0.05, 0.1) is 6.10 Å². The number of hydrogen-bond acceptors (Lipinski definition) is 4. The predicted octanol–water partition coefficient (Wildman–Crippen LogP) is 0.831. The minimum atomic E-state index is -1.21. The Balaban J connectivity index is 2.79. The third-order valence-electron chi connectivity index (χ3n) is 2.48. The van der Waals surface area contributed by atoms with Crippen molar-refractivity contribution in [3.8, 4) is 0 Å². The number of amides is 1. The normalized spacial score (nSPS) is 25.5. The molecule has 1 amide bonds. The highest BCUT2D eigenvalue weighted by Crippen LogP contribution is 2.21. The minimum absolute atomic E-state index is 0.295. The molecule has 1 fully saturated rings. The Bertz CT molecular complexity index is 309. The van der Waals surface area contributed by atoms with Gasteiger partial charge in [-0.05, 0) is 33.6 Å². The summed E-state index contributed by atoms with van der Waals surface area (Å²) < 4.78 is 5.12. The second-order valence-electron chi connectivity index (χ2n) is 5.17. The van der Waals surface area contributed by atoms with Crippen LogP contribution < -0.4 is 0 Å². The number of likely N-dealkylation sites (tertiary alicyclic amines) is 1. The highest BCUT2D eigenvalue weighted by atomic mass is 16.6. The van der Waals surface area contributed by atoms with E-state index in [1.165, 1.54) is 0 Å². The van der Waals surface area contributed by atoms with Crippen molar-refractivity contribution in [3.63, 3.8) is 0 Å². The van der Waals surface area contributed by atoms with Crippen LogP contribution in [-0.2, 0) is 9.53 Å². The van der Waals surface area contributed by atoms with Gasteiger partial charge >= 0.3 is 12.1 Å². The Hall–Kier alpha value is -1.30. The van der Waals surface area contributed by atoms with Gasteiger partial charge in [-0.15, -0.1) is 0 Å². The van der Waals surface area contributed by atoms with Crippen LogP contribution >= 0.6 is 0 Å². The summed E-state index contributed by atoms with van der Waals surface area (Å²) in [5, 5.41) is 18.6. The summed E-state index contributed by atoms with van der Waals surface area (Å²) in [6, 6.07) is -1.21. The van der Waals surface area contributed by atoms with Gasteiger partial charge in [0.15, 0.2) is 6.04 Å². The van der Waals surface area contributed by atoms with Crippen LogP contribution in [0.15, 0.2) is 0 Å². The highest BCUT2D eigenvalue weighted by molar-refractivity contribution is 5.81. The molecule has 0 aromatic heterocycles. The molecule has 1 heterocycles. The van der Waals surface area contributed by atoms with E-state index >= 15 is 0 Å². The average molecular weight is 245 g/mol. The lowest BCUT2D eigenvalue weighted by Crippen LogP contribution is -2.56. The number of hydrogen-bond donors (Lipinski definition) is 2. The van der Waals surface area contributed by atoms with Gasteiger partial charge in [-0.25, -0.2) is 9.59 Å². The number of carboxylic acid groups (broad SMARTS) is 1. The Morgan fingerprint density at radius 2 is 1.94 bits per heavy atom. The topological polar surface area (TPSA) is 87.1 Å². The molecule has 0 bridgehead atoms. The van der Waals surface area contributed by atoms with Gasteiger partial charge in [-0.3, -0.25) is 4.90 Å². The molecule has 6 nitrogen and oxygen atoms in total. The van der Waals surface area contributed by atoms with Crippen LogP contribution in [0, 0.1) is 0 Å². The second kappa shape index (κ2) is 4.91. The fourth-order valence-corrected chi connectivity index (χ4v) is 1.80. The van der Waals surface area contributed by atoms with E-state index in [0.717, 1.165) is 4.90 Å². The molecule has 0 aromatic carbocycles. The van der Waals surface area contributed by atoms with Gasteiger partial charge in [-0.2, -0.15) is 0 Å². The molecule has 0 aromatic rings. The van der Waals surface area contributed by atoms with Crippen molar-refractivity contribution >= 4 is 12.1 Å². The molecule has 98 valence electrons. The standard InChI is InChI=1S/C11H19NO5/c1-11(2,3)17-10(16)12-6-4-5-7(13)8(12)9(14)15/h7-8,13H,4-6H2,1-3H3,(H,14,15)/t7-,8-/m1/s1. The molecule has 0 unspecified atom stereocenters.